The van der Waals surface area contributed by atoms with E-state index >= 15 is 0 Å². The molecule has 0 bridgehead atoms. The van der Waals surface area contributed by atoms with Gasteiger partial charge in [0.25, 0.3) is 15.6 Å². The third-order valence-corrected chi connectivity index (χ3v) is 8.12. The Morgan fingerprint density at radius 2 is 2.10 bits per heavy atom. The molecule has 0 radical (unpaired) electrons. The summed E-state index contributed by atoms with van der Waals surface area (Å²) in [5.41, 5.74) is 4.26. The molecular weight excluding hydrogens is 580 g/mol. The Morgan fingerprint density at radius 3 is 2.83 bits per heavy atom. The average Bonchev–Trinajstić information content (AvgIpc) is 3.41. The van der Waals surface area contributed by atoms with Crippen LogP contribution in [0.2, 0.25) is 5.02 Å². The van der Waals surface area contributed by atoms with E-state index in [9.17, 15) is 18.2 Å². The van der Waals surface area contributed by atoms with Crippen molar-refractivity contribution in [1.29, 1.82) is 0 Å². The highest BCUT2D eigenvalue weighted by Crippen LogP contribution is 2.40. The summed E-state index contributed by atoms with van der Waals surface area (Å²) in [4.78, 5) is 2.08. The lowest BCUT2D eigenvalue weighted by Crippen LogP contribution is -2.36. The number of hydrogen-bond acceptors (Lipinski definition) is 9. The normalized spacial score (nSPS) is 15.6. The number of hydrogen-bond donors (Lipinski definition) is 1. The molecule has 1 aromatic heterocycles. The summed E-state index contributed by atoms with van der Waals surface area (Å²) in [7, 11) is -4.10. The van der Waals surface area contributed by atoms with Gasteiger partial charge in [-0.15, -0.1) is 0 Å². The van der Waals surface area contributed by atoms with Crippen molar-refractivity contribution < 1.29 is 41.3 Å². The summed E-state index contributed by atoms with van der Waals surface area (Å²) in [6, 6.07) is 11.2. The Kier molecular flexibility index (Phi) is 10.2. The number of oxazole rings is 1. The van der Waals surface area contributed by atoms with E-state index in [2.05, 4.69) is 20.3 Å². The summed E-state index contributed by atoms with van der Waals surface area (Å²) in [6.07, 6.45) is 5.37. The van der Waals surface area contributed by atoms with Crippen molar-refractivity contribution in [3.63, 3.8) is 0 Å². The molecule has 1 aliphatic rings. The number of aryl methyl sites for hydroxylation is 2. The standard InChI is InChI=1S/C27H31ClN2O8S2/c1-4-20(15-26-29(11-5-13-40(32,33)34)23-17-21(28)7-9-25(23)36-26)16-27-30(12-10-19(3)39-38-37-31)22-14-18(2)6-8-24(22)35-27/h6-9,14-17,19H,4-5,10-13H2,1-3H3,(H-,31,32,33,34). The predicted molar refractivity (Wildman–Crippen MR) is 152 cm³/mol. The quantitative estimate of drug-likeness (QED) is 0.0913. The number of aromatic nitrogens is 1. The number of fused-ring (bicyclic) bond motifs is 2. The molecule has 0 amide bonds. The van der Waals surface area contributed by atoms with Crippen molar-refractivity contribution >= 4 is 56.6 Å². The van der Waals surface area contributed by atoms with Crippen LogP contribution in [0.25, 0.3) is 17.2 Å². The van der Waals surface area contributed by atoms with Crippen LogP contribution < -0.4 is 19.5 Å². The summed E-state index contributed by atoms with van der Waals surface area (Å²) in [5, 5.41) is 14.2. The first-order valence-corrected chi connectivity index (χ1v) is 15.5. The number of allylic oxidation sites excluding steroid dienone is 2. The second-order valence-corrected chi connectivity index (χ2v) is 12.6. The summed E-state index contributed by atoms with van der Waals surface area (Å²) in [5.74, 6) is 1.53. The number of benzene rings is 2. The number of anilines is 1. The van der Waals surface area contributed by atoms with Crippen LogP contribution in [0.4, 0.5) is 5.69 Å². The third kappa shape index (κ3) is 7.78. The second kappa shape index (κ2) is 13.4. The minimum Gasteiger partial charge on any atom is -0.691 e. The molecule has 2 aromatic carbocycles. The fourth-order valence-electron chi connectivity index (χ4n) is 4.37. The van der Waals surface area contributed by atoms with Crippen LogP contribution in [0, 0.1) is 6.92 Å². The lowest BCUT2D eigenvalue weighted by molar-refractivity contribution is -0.777. The van der Waals surface area contributed by atoms with Crippen molar-refractivity contribution in [1.82, 2.24) is 0 Å². The molecule has 0 spiro atoms. The zero-order chi connectivity index (χ0) is 28.9. The summed E-state index contributed by atoms with van der Waals surface area (Å²) in [6.45, 7) is 6.87. The molecular formula is C27H31ClN2O8S2. The van der Waals surface area contributed by atoms with Crippen LogP contribution >= 0.6 is 23.6 Å². The third-order valence-electron chi connectivity index (χ3n) is 6.38. The van der Waals surface area contributed by atoms with Crippen LogP contribution in [0.15, 0.2) is 58.3 Å². The molecule has 40 heavy (non-hydrogen) atoms. The maximum atomic E-state index is 11.3. The smallest absolute Gasteiger partial charge is 0.374 e. The molecule has 1 aliphatic heterocycles. The predicted octanol–water partition coefficient (Wildman–Crippen LogP) is 5.14. The minimum atomic E-state index is -4.10. The van der Waals surface area contributed by atoms with Gasteiger partial charge >= 0.3 is 5.89 Å². The highest BCUT2D eigenvalue weighted by Gasteiger charge is 2.28. The van der Waals surface area contributed by atoms with E-state index in [1.807, 2.05) is 49.6 Å². The van der Waals surface area contributed by atoms with Gasteiger partial charge in [-0.3, -0.25) is 9.59 Å². The van der Waals surface area contributed by atoms with Crippen LogP contribution in [-0.4, -0.2) is 30.5 Å². The van der Waals surface area contributed by atoms with E-state index in [4.69, 9.17) is 20.8 Å². The first kappa shape index (κ1) is 30.4. The zero-order valence-electron chi connectivity index (χ0n) is 22.3. The van der Waals surface area contributed by atoms with Gasteiger partial charge in [-0.1, -0.05) is 31.5 Å². The lowest BCUT2D eigenvalue weighted by atomic mass is 10.1. The highest BCUT2D eigenvalue weighted by molar-refractivity contribution is 7.95. The molecule has 3 aromatic rings. The second-order valence-electron chi connectivity index (χ2n) is 9.46. The number of ether oxygens (including phenoxy) is 1. The minimum absolute atomic E-state index is 0.00527. The zero-order valence-corrected chi connectivity index (χ0v) is 24.7. The maximum Gasteiger partial charge on any atom is 0.374 e. The molecule has 2 heterocycles. The van der Waals surface area contributed by atoms with Crippen molar-refractivity contribution in [2.24, 2.45) is 0 Å². The molecule has 1 unspecified atom stereocenters. The van der Waals surface area contributed by atoms with Gasteiger partial charge in [-0.05, 0) is 55.2 Å². The molecule has 1 N–H and O–H groups in total. The van der Waals surface area contributed by atoms with Gasteiger partial charge in [-0.25, -0.2) is 0 Å². The monoisotopic (exact) mass is 610 g/mol. The molecule has 0 aliphatic carbocycles. The first-order valence-electron chi connectivity index (χ1n) is 12.7. The Bertz CT molecular complexity index is 1520. The van der Waals surface area contributed by atoms with Crippen LogP contribution in [0.1, 0.15) is 44.6 Å². The van der Waals surface area contributed by atoms with Gasteiger partial charge < -0.3 is 19.3 Å². The average molecular weight is 611 g/mol. The molecule has 0 saturated heterocycles. The molecule has 1 atom stereocenters. The van der Waals surface area contributed by atoms with Crippen molar-refractivity contribution in [2.45, 2.75) is 51.8 Å². The topological polar surface area (TPSA) is 125 Å². The van der Waals surface area contributed by atoms with Crippen LogP contribution in [0.3, 0.4) is 0 Å². The maximum absolute atomic E-state index is 11.3. The highest BCUT2D eigenvalue weighted by atomic mass is 35.5. The van der Waals surface area contributed by atoms with Gasteiger partial charge in [0.1, 0.15) is 0 Å². The molecule has 216 valence electrons. The molecule has 4 rings (SSSR count). The molecule has 13 heteroatoms. The lowest BCUT2D eigenvalue weighted by Gasteiger charge is -2.21. The molecule has 0 fully saturated rings. The van der Waals surface area contributed by atoms with E-state index in [1.165, 1.54) is 0 Å². The summed E-state index contributed by atoms with van der Waals surface area (Å²) >= 11 is 7.20. The van der Waals surface area contributed by atoms with Gasteiger partial charge in [0, 0.05) is 47.4 Å². The van der Waals surface area contributed by atoms with Gasteiger partial charge in [0.15, 0.2) is 12.3 Å². The fourth-order valence-corrected chi connectivity index (χ4v) is 5.40. The Hall–Kier alpha value is -2.58. The Morgan fingerprint density at radius 1 is 1.30 bits per heavy atom. The van der Waals surface area contributed by atoms with E-state index in [0.29, 0.717) is 48.3 Å². The van der Waals surface area contributed by atoms with Gasteiger partial charge in [0.05, 0.1) is 17.5 Å². The SMILES string of the molecule is CCC(/C=C1\Oc2ccc(C)cc2N1CCC(C)SOO[O-])=C\c1oc2ccc(Cl)cc2[n+]1CCCS(=O)(=O)O. The van der Waals surface area contributed by atoms with Gasteiger partial charge in [-0.2, -0.15) is 17.3 Å². The first-order chi connectivity index (χ1) is 19.1. The Labute approximate surface area is 242 Å². The number of nitrogens with zero attached hydrogens (tertiary/aromatic N) is 2. The summed E-state index contributed by atoms with van der Waals surface area (Å²) < 4.78 is 50.5. The largest absolute Gasteiger partial charge is 0.691 e. The number of halogens is 1. The number of rotatable bonds is 13. The van der Waals surface area contributed by atoms with Crippen LogP contribution in [-0.2, 0) is 26.0 Å². The van der Waals surface area contributed by atoms with Crippen molar-refractivity contribution in [2.75, 3.05) is 17.2 Å². The van der Waals surface area contributed by atoms with E-state index in [1.54, 1.807) is 18.2 Å². The van der Waals surface area contributed by atoms with Crippen molar-refractivity contribution in [3.8, 4) is 5.75 Å². The Balaban J connectivity index is 1.68. The van der Waals surface area contributed by atoms with Crippen molar-refractivity contribution in [3.05, 3.63) is 70.4 Å². The van der Waals surface area contributed by atoms with Gasteiger partial charge in [0.2, 0.25) is 11.5 Å². The fraction of sp³-hybridized carbons (Fsp3) is 0.370. The van der Waals surface area contributed by atoms with E-state index < -0.39 is 10.1 Å². The van der Waals surface area contributed by atoms with E-state index in [0.717, 1.165) is 40.1 Å². The molecule has 10 nitrogen and oxygen atoms in total. The molecule has 0 saturated carbocycles. The van der Waals surface area contributed by atoms with E-state index in [-0.39, 0.29) is 17.4 Å². The van der Waals surface area contributed by atoms with Crippen LogP contribution in [0.5, 0.6) is 5.75 Å².